The predicted molar refractivity (Wildman–Crippen MR) is 116 cm³/mol. The van der Waals surface area contributed by atoms with E-state index in [9.17, 15) is 14.4 Å². The Morgan fingerprint density at radius 1 is 0.903 bits per heavy atom. The summed E-state index contributed by atoms with van der Waals surface area (Å²) in [4.78, 5) is 41.8. The number of nitrogens with zero attached hydrogens (tertiary/aromatic N) is 2. The highest BCUT2D eigenvalue weighted by molar-refractivity contribution is 6.36. The zero-order chi connectivity index (χ0) is 21.5. The van der Waals surface area contributed by atoms with Crippen molar-refractivity contribution in [1.29, 1.82) is 0 Å². The topological polar surface area (TPSA) is 76.2 Å². The van der Waals surface area contributed by atoms with Crippen molar-refractivity contribution in [2.75, 3.05) is 43.2 Å². The minimum absolute atomic E-state index is 0.348. The fourth-order valence-corrected chi connectivity index (χ4v) is 4.26. The molecule has 31 heavy (non-hydrogen) atoms. The third-order valence-corrected chi connectivity index (χ3v) is 5.78. The van der Waals surface area contributed by atoms with Gasteiger partial charge in [-0.1, -0.05) is 12.1 Å². The Bertz CT molecular complexity index is 1190. The van der Waals surface area contributed by atoms with Gasteiger partial charge in [-0.3, -0.25) is 9.59 Å². The molecule has 2 aliphatic heterocycles. The number of benzene rings is 3. The van der Waals surface area contributed by atoms with Crippen LogP contribution in [0.3, 0.4) is 0 Å². The monoisotopic (exact) mass is 416 g/mol. The molecule has 0 aromatic heterocycles. The van der Waals surface area contributed by atoms with Crippen molar-refractivity contribution in [2.45, 2.75) is 0 Å². The third-order valence-electron chi connectivity index (χ3n) is 5.78. The van der Waals surface area contributed by atoms with E-state index in [0.717, 1.165) is 29.1 Å². The van der Waals surface area contributed by atoms with E-state index in [1.165, 1.54) is 7.11 Å². The maximum absolute atomic E-state index is 13.4. The van der Waals surface area contributed by atoms with E-state index < -0.39 is 5.97 Å². The number of esters is 1. The highest BCUT2D eigenvalue weighted by Crippen LogP contribution is 2.37. The minimum atomic E-state index is -0.478. The Balaban J connectivity index is 1.60. The van der Waals surface area contributed by atoms with Crippen molar-refractivity contribution in [3.63, 3.8) is 0 Å². The lowest BCUT2D eigenvalue weighted by molar-refractivity contribution is 0.0600. The number of anilines is 2. The van der Waals surface area contributed by atoms with E-state index >= 15 is 0 Å². The summed E-state index contributed by atoms with van der Waals surface area (Å²) in [5, 5.41) is 1.57. The quantitative estimate of drug-likeness (QED) is 0.482. The zero-order valence-corrected chi connectivity index (χ0v) is 17.0. The van der Waals surface area contributed by atoms with Gasteiger partial charge in [-0.2, -0.15) is 0 Å². The lowest BCUT2D eigenvalue weighted by Crippen LogP contribution is -2.41. The molecule has 0 aliphatic carbocycles. The van der Waals surface area contributed by atoms with E-state index in [4.69, 9.17) is 9.47 Å². The van der Waals surface area contributed by atoms with Crippen LogP contribution in [-0.2, 0) is 9.47 Å². The molecule has 2 aliphatic rings. The van der Waals surface area contributed by atoms with E-state index in [2.05, 4.69) is 4.90 Å². The lowest BCUT2D eigenvalue weighted by Gasteiger charge is -2.32. The molecule has 0 bridgehead atoms. The maximum atomic E-state index is 13.4. The van der Waals surface area contributed by atoms with Crippen molar-refractivity contribution in [2.24, 2.45) is 0 Å². The molecule has 0 unspecified atom stereocenters. The van der Waals surface area contributed by atoms with Gasteiger partial charge in [0.25, 0.3) is 11.8 Å². The van der Waals surface area contributed by atoms with Crippen molar-refractivity contribution in [3.05, 3.63) is 71.3 Å². The van der Waals surface area contributed by atoms with Crippen molar-refractivity contribution in [3.8, 4) is 0 Å². The number of morpholine rings is 1. The largest absolute Gasteiger partial charge is 0.465 e. The molecular formula is C24H20N2O5. The Hall–Kier alpha value is -3.71. The number of rotatable bonds is 3. The molecule has 5 rings (SSSR count). The summed E-state index contributed by atoms with van der Waals surface area (Å²) in [7, 11) is 1.30. The smallest absolute Gasteiger partial charge is 0.337 e. The van der Waals surface area contributed by atoms with Crippen LogP contribution in [0.15, 0.2) is 54.6 Å². The summed E-state index contributed by atoms with van der Waals surface area (Å²) >= 11 is 0. The molecule has 2 heterocycles. The first-order chi connectivity index (χ1) is 15.1. The van der Waals surface area contributed by atoms with E-state index in [-0.39, 0.29) is 11.8 Å². The molecule has 7 nitrogen and oxygen atoms in total. The van der Waals surface area contributed by atoms with Gasteiger partial charge >= 0.3 is 5.97 Å². The molecule has 0 N–H and O–H groups in total. The van der Waals surface area contributed by atoms with Crippen LogP contribution >= 0.6 is 0 Å². The highest BCUT2D eigenvalue weighted by atomic mass is 16.5. The molecule has 0 atom stereocenters. The first-order valence-corrected chi connectivity index (χ1v) is 10.1. The SMILES string of the molecule is COC(=O)c1ccc(N2C(=O)c3cccc4c(N5CCOCC5)ccc(c34)C2=O)cc1. The molecule has 156 valence electrons. The molecule has 0 saturated carbocycles. The number of amides is 2. The summed E-state index contributed by atoms with van der Waals surface area (Å²) < 4.78 is 10.2. The molecule has 7 heteroatoms. The van der Waals surface area contributed by atoms with Gasteiger partial charge in [0, 0.05) is 40.7 Å². The number of imide groups is 1. The average molecular weight is 416 g/mol. The van der Waals surface area contributed by atoms with E-state index in [0.29, 0.717) is 41.0 Å². The standard InChI is InChI=1S/C24H20N2O5/c1-30-24(29)15-5-7-16(8-6-15)26-22(27)18-4-2-3-17-20(25-11-13-31-14-12-25)10-9-19(21(17)18)23(26)28/h2-10H,11-14H2,1H3. The third kappa shape index (κ3) is 3.05. The molecule has 1 saturated heterocycles. The fourth-order valence-electron chi connectivity index (χ4n) is 4.26. The van der Waals surface area contributed by atoms with Crippen LogP contribution in [0.4, 0.5) is 11.4 Å². The van der Waals surface area contributed by atoms with Gasteiger partial charge in [0.05, 0.1) is 31.6 Å². The van der Waals surface area contributed by atoms with Crippen LogP contribution in [0.1, 0.15) is 31.1 Å². The molecule has 1 fully saturated rings. The summed E-state index contributed by atoms with van der Waals surface area (Å²) in [6.07, 6.45) is 0. The Morgan fingerprint density at radius 2 is 1.58 bits per heavy atom. The van der Waals surface area contributed by atoms with Crippen molar-refractivity contribution in [1.82, 2.24) is 0 Å². The highest BCUT2D eigenvalue weighted by Gasteiger charge is 2.35. The van der Waals surface area contributed by atoms with Gasteiger partial charge in [0.1, 0.15) is 0 Å². The van der Waals surface area contributed by atoms with Gasteiger partial charge in [-0.15, -0.1) is 0 Å². The van der Waals surface area contributed by atoms with E-state index in [1.807, 2.05) is 18.2 Å². The summed E-state index contributed by atoms with van der Waals surface area (Å²) in [6.45, 7) is 2.82. The van der Waals surface area contributed by atoms with Gasteiger partial charge in [0.2, 0.25) is 0 Å². The number of ether oxygens (including phenoxy) is 2. The number of carbonyl (C=O) groups is 3. The summed E-state index contributed by atoms with van der Waals surface area (Å²) in [6, 6.07) is 15.5. The Morgan fingerprint density at radius 3 is 2.26 bits per heavy atom. The van der Waals surface area contributed by atoms with Crippen LogP contribution in [0.5, 0.6) is 0 Å². The van der Waals surface area contributed by atoms with Crippen LogP contribution in [0.25, 0.3) is 10.8 Å². The van der Waals surface area contributed by atoms with Crippen LogP contribution in [0.2, 0.25) is 0 Å². The minimum Gasteiger partial charge on any atom is -0.465 e. The first-order valence-electron chi connectivity index (χ1n) is 10.1. The van der Waals surface area contributed by atoms with E-state index in [1.54, 1.807) is 36.4 Å². The molecule has 3 aromatic carbocycles. The zero-order valence-electron chi connectivity index (χ0n) is 17.0. The molecule has 0 radical (unpaired) electrons. The normalized spacial score (nSPS) is 16.0. The number of methoxy groups -OCH3 is 1. The Kier molecular flexibility index (Phi) is 4.67. The van der Waals surface area contributed by atoms with Gasteiger partial charge in [-0.25, -0.2) is 9.69 Å². The van der Waals surface area contributed by atoms with Crippen LogP contribution in [-0.4, -0.2) is 51.2 Å². The molecule has 0 spiro atoms. The average Bonchev–Trinajstić information content (AvgIpc) is 2.82. The second kappa shape index (κ2) is 7.52. The van der Waals surface area contributed by atoms with Crippen LogP contribution < -0.4 is 9.80 Å². The maximum Gasteiger partial charge on any atom is 0.337 e. The Labute approximate surface area is 178 Å². The lowest BCUT2D eigenvalue weighted by atomic mass is 9.92. The summed E-state index contributed by atoms with van der Waals surface area (Å²) in [5.74, 6) is -1.24. The second-order valence-electron chi connectivity index (χ2n) is 7.44. The number of hydrogen-bond acceptors (Lipinski definition) is 6. The van der Waals surface area contributed by atoms with Gasteiger partial charge < -0.3 is 14.4 Å². The van der Waals surface area contributed by atoms with Crippen molar-refractivity contribution < 1.29 is 23.9 Å². The van der Waals surface area contributed by atoms with Crippen molar-refractivity contribution >= 4 is 39.9 Å². The fraction of sp³-hybridized carbons (Fsp3) is 0.208. The second-order valence-corrected chi connectivity index (χ2v) is 7.44. The molecule has 2 amide bonds. The molecular weight excluding hydrogens is 396 g/mol. The van der Waals surface area contributed by atoms with Gasteiger partial charge in [0.15, 0.2) is 0 Å². The number of hydrogen-bond donors (Lipinski definition) is 0. The number of carbonyl (C=O) groups excluding carboxylic acids is 3. The van der Waals surface area contributed by atoms with Crippen LogP contribution in [0, 0.1) is 0 Å². The van der Waals surface area contributed by atoms with Gasteiger partial charge in [-0.05, 0) is 42.5 Å². The molecule has 3 aromatic rings. The predicted octanol–water partition coefficient (Wildman–Crippen LogP) is 3.26. The first kappa shape index (κ1) is 19.3. The summed E-state index contributed by atoms with van der Waals surface area (Å²) in [5.41, 5.74) is 2.72.